The lowest BCUT2D eigenvalue weighted by atomic mass is 10.1. The maximum absolute atomic E-state index is 13.4. The first-order valence-electron chi connectivity index (χ1n) is 8.50. The van der Waals surface area contributed by atoms with Gasteiger partial charge < -0.3 is 10.3 Å². The molecule has 4 rings (SSSR count). The Morgan fingerprint density at radius 3 is 2.30 bits per heavy atom. The second kappa shape index (κ2) is 7.32. The van der Waals surface area contributed by atoms with Gasteiger partial charge in [0.15, 0.2) is 0 Å². The van der Waals surface area contributed by atoms with Crippen LogP contribution in [0.15, 0.2) is 78.0 Å². The Kier molecular flexibility index (Phi) is 4.73. The van der Waals surface area contributed by atoms with Gasteiger partial charge in [0.2, 0.25) is 0 Å². The van der Waals surface area contributed by atoms with E-state index in [2.05, 4.69) is 10.3 Å². The third-order valence-electron chi connectivity index (χ3n) is 4.36. The highest BCUT2D eigenvalue weighted by Gasteiger charge is 2.10. The van der Waals surface area contributed by atoms with E-state index in [0.29, 0.717) is 5.82 Å². The lowest BCUT2D eigenvalue weighted by molar-refractivity contribution is 0.468. The third kappa shape index (κ3) is 3.61. The van der Waals surface area contributed by atoms with Crippen LogP contribution in [0.3, 0.4) is 0 Å². The zero-order chi connectivity index (χ0) is 18.8. The molecule has 1 aromatic heterocycles. The maximum atomic E-state index is 13.4. The number of alkyl halides is 1. The molecule has 0 saturated carbocycles. The van der Waals surface area contributed by atoms with Gasteiger partial charge in [-0.15, -0.1) is 0 Å². The van der Waals surface area contributed by atoms with Gasteiger partial charge in [-0.05, 0) is 36.4 Å². The van der Waals surface area contributed by atoms with E-state index in [9.17, 15) is 8.60 Å². The van der Waals surface area contributed by atoms with Crippen molar-refractivity contribution in [3.05, 3.63) is 83.8 Å². The number of allylic oxidation sites excluding steroid dienone is 6. The van der Waals surface area contributed by atoms with Crippen LogP contribution in [0.5, 0.6) is 0 Å². The number of nitrogens with zero attached hydrogens (tertiary/aromatic N) is 1. The highest BCUT2D eigenvalue weighted by molar-refractivity contribution is 7.84. The summed E-state index contributed by atoms with van der Waals surface area (Å²) in [6.45, 7) is 0. The molecule has 0 spiro atoms. The van der Waals surface area contributed by atoms with Crippen LogP contribution in [0.25, 0.3) is 22.5 Å². The van der Waals surface area contributed by atoms with Crippen LogP contribution in [0.2, 0.25) is 0 Å². The number of hydrogen-bond acceptors (Lipinski definition) is 3. The molecule has 1 aromatic carbocycles. The molecule has 2 aliphatic rings. The first-order chi connectivity index (χ1) is 13.1. The molecule has 6 heteroatoms. The van der Waals surface area contributed by atoms with Gasteiger partial charge in [0.1, 0.15) is 12.0 Å². The van der Waals surface area contributed by atoms with Gasteiger partial charge in [0, 0.05) is 51.1 Å². The van der Waals surface area contributed by atoms with E-state index in [-0.39, 0.29) is 0 Å². The second-order valence-corrected chi connectivity index (χ2v) is 7.57. The fourth-order valence-electron chi connectivity index (χ4n) is 2.95. The molecular weight excluding hydrogens is 361 g/mol. The molecule has 2 aromatic rings. The Labute approximate surface area is 158 Å². The van der Waals surface area contributed by atoms with Crippen LogP contribution in [-0.4, -0.2) is 26.6 Å². The van der Waals surface area contributed by atoms with Crippen molar-refractivity contribution in [1.82, 2.24) is 15.3 Å². The molecule has 0 bridgehead atoms. The van der Waals surface area contributed by atoms with E-state index in [4.69, 9.17) is 4.98 Å². The zero-order valence-corrected chi connectivity index (χ0v) is 15.5. The fourth-order valence-corrected chi connectivity index (χ4v) is 3.47. The van der Waals surface area contributed by atoms with Crippen molar-refractivity contribution in [2.45, 2.75) is 11.1 Å². The van der Waals surface area contributed by atoms with Crippen molar-refractivity contribution in [3.63, 3.8) is 0 Å². The standard InChI is InChI=1S/C21H18FN3OS/c1-27(26)18-8-4-16(5-9-18)21-24-19(14-2-6-17(22)7-3-14)20(25-21)15-10-12-23-13-11-15/h2-13,17,23H,1H3,(H,24,25)/t17?,27-/m1/s1. The van der Waals surface area contributed by atoms with E-state index in [1.807, 2.05) is 48.8 Å². The molecule has 0 radical (unpaired) electrons. The number of imidazole rings is 1. The van der Waals surface area contributed by atoms with Gasteiger partial charge in [-0.25, -0.2) is 9.37 Å². The van der Waals surface area contributed by atoms with Crippen molar-refractivity contribution in [3.8, 4) is 11.4 Å². The fraction of sp³-hybridized carbons (Fsp3) is 0.0952. The van der Waals surface area contributed by atoms with Gasteiger partial charge >= 0.3 is 0 Å². The first-order valence-corrected chi connectivity index (χ1v) is 10.1. The Hall–Kier alpha value is -2.99. The van der Waals surface area contributed by atoms with Gasteiger partial charge in [0.25, 0.3) is 0 Å². The van der Waals surface area contributed by atoms with E-state index >= 15 is 0 Å². The summed E-state index contributed by atoms with van der Waals surface area (Å²) in [6, 6.07) is 7.48. The van der Waals surface area contributed by atoms with Gasteiger partial charge in [-0.1, -0.05) is 24.3 Å². The van der Waals surface area contributed by atoms with Gasteiger partial charge in [-0.2, -0.15) is 0 Å². The minimum Gasteiger partial charge on any atom is -0.368 e. The van der Waals surface area contributed by atoms with Crippen LogP contribution < -0.4 is 16.0 Å². The largest absolute Gasteiger partial charge is 0.368 e. The molecule has 136 valence electrons. The summed E-state index contributed by atoms with van der Waals surface area (Å²) >= 11 is 0. The molecule has 0 amide bonds. The molecular formula is C21H18FN3OS. The monoisotopic (exact) mass is 379 g/mol. The lowest BCUT2D eigenvalue weighted by Crippen LogP contribution is -2.29. The van der Waals surface area contributed by atoms with Crippen molar-refractivity contribution in [1.29, 1.82) is 0 Å². The number of halogens is 1. The van der Waals surface area contributed by atoms with Crippen molar-refractivity contribution in [2.75, 3.05) is 6.26 Å². The van der Waals surface area contributed by atoms with E-state index in [1.165, 1.54) is 12.2 Å². The number of dihydropyridines is 1. The Bertz CT molecular complexity index is 1110. The Morgan fingerprint density at radius 1 is 1.00 bits per heavy atom. The number of rotatable bonds is 2. The summed E-state index contributed by atoms with van der Waals surface area (Å²) in [5.41, 5.74) is 2.72. The number of hydrogen-bond donors (Lipinski definition) is 2. The Morgan fingerprint density at radius 2 is 1.67 bits per heavy atom. The molecule has 27 heavy (non-hydrogen) atoms. The second-order valence-electron chi connectivity index (χ2n) is 6.19. The van der Waals surface area contributed by atoms with Gasteiger partial charge in [-0.3, -0.25) is 4.21 Å². The molecule has 1 atom stereocenters. The van der Waals surface area contributed by atoms with E-state index < -0.39 is 17.0 Å². The maximum Gasteiger partial charge on any atom is 0.138 e. The molecule has 0 unspecified atom stereocenters. The summed E-state index contributed by atoms with van der Waals surface area (Å²) in [5, 5.41) is 4.64. The van der Waals surface area contributed by atoms with Crippen molar-refractivity contribution in [2.24, 2.45) is 0 Å². The first kappa shape index (κ1) is 17.4. The van der Waals surface area contributed by atoms with Crippen molar-refractivity contribution >= 4 is 21.9 Å². The number of benzene rings is 1. The number of aromatic nitrogens is 2. The number of nitrogens with one attached hydrogen (secondary N) is 2. The normalized spacial score (nSPS) is 19.4. The smallest absolute Gasteiger partial charge is 0.138 e. The van der Waals surface area contributed by atoms with E-state index in [1.54, 1.807) is 18.4 Å². The summed E-state index contributed by atoms with van der Waals surface area (Å²) in [6.07, 6.45) is 14.7. The number of H-pyrrole nitrogens is 1. The van der Waals surface area contributed by atoms with Crippen LogP contribution in [0.4, 0.5) is 4.39 Å². The zero-order valence-electron chi connectivity index (χ0n) is 14.6. The Balaban J connectivity index is 1.93. The van der Waals surface area contributed by atoms with E-state index in [0.717, 1.165) is 32.3 Å². The summed E-state index contributed by atoms with van der Waals surface area (Å²) in [4.78, 5) is 8.93. The summed E-state index contributed by atoms with van der Waals surface area (Å²) in [5.74, 6) is 0.706. The summed E-state index contributed by atoms with van der Waals surface area (Å²) in [7, 11) is -1.02. The predicted molar refractivity (Wildman–Crippen MR) is 107 cm³/mol. The average Bonchev–Trinajstić information content (AvgIpc) is 3.15. The third-order valence-corrected chi connectivity index (χ3v) is 5.30. The molecule has 2 N–H and O–H groups in total. The minimum atomic E-state index is -1.07. The van der Waals surface area contributed by atoms with Crippen molar-refractivity contribution < 1.29 is 8.60 Å². The topological polar surface area (TPSA) is 57.8 Å². The molecule has 1 aliphatic carbocycles. The molecule has 1 aliphatic heterocycles. The van der Waals surface area contributed by atoms with Crippen LogP contribution >= 0.6 is 0 Å². The average molecular weight is 379 g/mol. The van der Waals surface area contributed by atoms with Gasteiger partial charge in [0.05, 0.1) is 10.7 Å². The minimum absolute atomic E-state index is 0.706. The quantitative estimate of drug-likeness (QED) is 0.841. The SMILES string of the molecule is C[S@@](=O)c1ccc(-c2nc(=C3C=CC(F)C=C3)c(=C3C=CNC=C3)[nH]2)cc1. The highest BCUT2D eigenvalue weighted by Crippen LogP contribution is 2.16. The lowest BCUT2D eigenvalue weighted by Gasteiger charge is -2.03. The van der Waals surface area contributed by atoms with Crippen LogP contribution in [0.1, 0.15) is 0 Å². The van der Waals surface area contributed by atoms with Crippen LogP contribution in [-0.2, 0) is 10.8 Å². The molecule has 4 nitrogen and oxygen atoms in total. The molecule has 0 saturated heterocycles. The number of aromatic amines is 1. The summed E-state index contributed by atoms with van der Waals surface area (Å²) < 4.78 is 25.0. The molecule has 2 heterocycles. The van der Waals surface area contributed by atoms with Crippen LogP contribution in [0, 0.1) is 0 Å². The molecule has 0 fully saturated rings. The predicted octanol–water partition coefficient (Wildman–Crippen LogP) is 2.21. The highest BCUT2D eigenvalue weighted by atomic mass is 32.2.